The number of halogens is 3. The summed E-state index contributed by atoms with van der Waals surface area (Å²) >= 11 is 1.45. The Labute approximate surface area is 121 Å². The number of hydrogen-bond donors (Lipinski definition) is 1. The Hall–Kier alpha value is -2.16. The van der Waals surface area contributed by atoms with Crippen molar-refractivity contribution in [1.82, 2.24) is 4.98 Å². The van der Waals surface area contributed by atoms with Gasteiger partial charge in [-0.2, -0.15) is 13.2 Å². The molecule has 9 heteroatoms. The van der Waals surface area contributed by atoms with Gasteiger partial charge in [-0.3, -0.25) is 10.1 Å². The number of aromatic nitrogens is 1. The molecule has 1 heterocycles. The molecule has 0 saturated carbocycles. The maximum atomic E-state index is 12.8. The van der Waals surface area contributed by atoms with Crippen molar-refractivity contribution in [3.63, 3.8) is 0 Å². The van der Waals surface area contributed by atoms with Gasteiger partial charge in [-0.25, -0.2) is 4.98 Å². The molecule has 0 fully saturated rings. The van der Waals surface area contributed by atoms with Crippen LogP contribution in [0.3, 0.4) is 0 Å². The van der Waals surface area contributed by atoms with Gasteiger partial charge in [0.25, 0.3) is 5.69 Å². The number of nitrogens with one attached hydrogen (secondary N) is 1. The van der Waals surface area contributed by atoms with Crippen molar-refractivity contribution in [2.45, 2.75) is 12.6 Å². The first-order valence-electron chi connectivity index (χ1n) is 5.86. The van der Waals surface area contributed by atoms with E-state index in [0.717, 1.165) is 17.1 Å². The smallest absolute Gasteiger partial charge is 0.385 e. The molecule has 1 aromatic heterocycles. The molecule has 0 spiro atoms. The lowest BCUT2D eigenvalue weighted by molar-refractivity contribution is -0.388. The van der Waals surface area contributed by atoms with E-state index in [4.69, 9.17) is 0 Å². The average Bonchev–Trinajstić information content (AvgIpc) is 2.90. The normalized spacial score (nSPS) is 11.4. The second-order valence-corrected chi connectivity index (χ2v) is 5.07. The van der Waals surface area contributed by atoms with E-state index in [0.29, 0.717) is 13.0 Å². The van der Waals surface area contributed by atoms with Crippen LogP contribution in [0.4, 0.5) is 24.5 Å². The molecular weight excluding hydrogens is 307 g/mol. The molecule has 0 unspecified atom stereocenters. The molecule has 0 radical (unpaired) electrons. The van der Waals surface area contributed by atoms with Crippen LogP contribution < -0.4 is 5.32 Å². The number of anilines is 1. The van der Waals surface area contributed by atoms with Crippen molar-refractivity contribution in [3.8, 4) is 0 Å². The Morgan fingerprint density at radius 3 is 2.71 bits per heavy atom. The maximum absolute atomic E-state index is 12.8. The summed E-state index contributed by atoms with van der Waals surface area (Å²) in [6, 6.07) is 2.86. The third-order valence-electron chi connectivity index (χ3n) is 2.65. The Kier molecular flexibility index (Phi) is 4.41. The van der Waals surface area contributed by atoms with Gasteiger partial charge < -0.3 is 5.32 Å². The number of alkyl halides is 3. The van der Waals surface area contributed by atoms with E-state index >= 15 is 0 Å². The standard InChI is InChI=1S/C12H10F3N3O2S/c13-12(14,15)9-7-8(1-2-10(9)18(19)20)16-4-3-11-17-5-6-21-11/h1-2,5-7,16H,3-4H2. The second-order valence-electron chi connectivity index (χ2n) is 4.09. The van der Waals surface area contributed by atoms with E-state index in [-0.39, 0.29) is 5.69 Å². The van der Waals surface area contributed by atoms with Crippen LogP contribution in [0.1, 0.15) is 10.6 Å². The lowest BCUT2D eigenvalue weighted by Crippen LogP contribution is -2.11. The minimum atomic E-state index is -4.77. The van der Waals surface area contributed by atoms with Gasteiger partial charge in [-0.1, -0.05) is 0 Å². The van der Waals surface area contributed by atoms with E-state index in [1.165, 1.54) is 17.4 Å². The van der Waals surface area contributed by atoms with Gasteiger partial charge in [-0.05, 0) is 12.1 Å². The summed E-state index contributed by atoms with van der Waals surface area (Å²) in [6.07, 6.45) is -2.56. The quantitative estimate of drug-likeness (QED) is 0.674. The van der Waals surface area contributed by atoms with Crippen molar-refractivity contribution in [2.75, 3.05) is 11.9 Å². The minimum Gasteiger partial charge on any atom is -0.385 e. The Morgan fingerprint density at radius 1 is 1.38 bits per heavy atom. The zero-order valence-corrected chi connectivity index (χ0v) is 11.4. The Bertz CT molecular complexity index is 629. The average molecular weight is 317 g/mol. The molecule has 112 valence electrons. The van der Waals surface area contributed by atoms with Crippen LogP contribution in [0.2, 0.25) is 0 Å². The van der Waals surface area contributed by atoms with E-state index in [1.807, 2.05) is 5.38 Å². The van der Waals surface area contributed by atoms with Crippen LogP contribution >= 0.6 is 11.3 Å². The topological polar surface area (TPSA) is 68.1 Å². The number of nitro groups is 1. The van der Waals surface area contributed by atoms with Gasteiger partial charge >= 0.3 is 6.18 Å². The predicted octanol–water partition coefficient (Wildman–Crippen LogP) is 3.72. The summed E-state index contributed by atoms with van der Waals surface area (Å²) in [7, 11) is 0. The second kappa shape index (κ2) is 6.08. The zero-order chi connectivity index (χ0) is 15.5. The van der Waals surface area contributed by atoms with Gasteiger partial charge in [0.15, 0.2) is 0 Å². The van der Waals surface area contributed by atoms with Gasteiger partial charge in [0.1, 0.15) is 5.56 Å². The van der Waals surface area contributed by atoms with Crippen molar-refractivity contribution in [2.24, 2.45) is 0 Å². The van der Waals surface area contributed by atoms with Gasteiger partial charge in [-0.15, -0.1) is 11.3 Å². The van der Waals surface area contributed by atoms with Crippen LogP contribution in [0.15, 0.2) is 29.8 Å². The number of hydrogen-bond acceptors (Lipinski definition) is 5. The van der Waals surface area contributed by atoms with E-state index in [9.17, 15) is 23.3 Å². The number of benzene rings is 1. The fourth-order valence-corrected chi connectivity index (χ4v) is 2.34. The van der Waals surface area contributed by atoms with Gasteiger partial charge in [0.2, 0.25) is 0 Å². The Balaban J connectivity index is 2.12. The minimum absolute atomic E-state index is 0.185. The van der Waals surface area contributed by atoms with Crippen LogP contribution in [0, 0.1) is 10.1 Å². The maximum Gasteiger partial charge on any atom is 0.423 e. The predicted molar refractivity (Wildman–Crippen MR) is 72.4 cm³/mol. The van der Waals surface area contributed by atoms with Crippen LogP contribution in [0.25, 0.3) is 0 Å². The fourth-order valence-electron chi connectivity index (χ4n) is 1.72. The first kappa shape index (κ1) is 15.2. The lowest BCUT2D eigenvalue weighted by Gasteiger charge is -2.10. The van der Waals surface area contributed by atoms with Crippen LogP contribution in [-0.4, -0.2) is 16.5 Å². The molecule has 2 rings (SSSR count). The zero-order valence-electron chi connectivity index (χ0n) is 10.6. The molecule has 21 heavy (non-hydrogen) atoms. The first-order chi connectivity index (χ1) is 9.88. The Morgan fingerprint density at radius 2 is 2.14 bits per heavy atom. The van der Waals surface area contributed by atoms with E-state index in [1.54, 1.807) is 6.20 Å². The largest absolute Gasteiger partial charge is 0.423 e. The summed E-state index contributed by atoms with van der Waals surface area (Å²) in [5.74, 6) is 0. The first-order valence-corrected chi connectivity index (χ1v) is 6.74. The molecule has 2 aromatic rings. The summed E-state index contributed by atoms with van der Waals surface area (Å²) < 4.78 is 38.4. The summed E-state index contributed by atoms with van der Waals surface area (Å²) in [4.78, 5) is 13.6. The third-order valence-corrected chi connectivity index (χ3v) is 3.49. The summed E-state index contributed by atoms with van der Waals surface area (Å²) in [5, 5.41) is 16.1. The van der Waals surface area contributed by atoms with Gasteiger partial charge in [0, 0.05) is 36.3 Å². The fraction of sp³-hybridized carbons (Fsp3) is 0.250. The molecule has 0 amide bonds. The number of nitrogens with zero attached hydrogens (tertiary/aromatic N) is 2. The SMILES string of the molecule is O=[N+]([O-])c1ccc(NCCc2nccs2)cc1C(F)(F)F. The molecule has 0 atom stereocenters. The van der Waals surface area contributed by atoms with Crippen molar-refractivity contribution >= 4 is 22.7 Å². The van der Waals surface area contributed by atoms with Gasteiger partial charge in [0.05, 0.1) is 9.93 Å². The molecule has 1 N–H and O–H groups in total. The summed E-state index contributed by atoms with van der Waals surface area (Å²) in [5.41, 5.74) is -2.02. The van der Waals surface area contributed by atoms with Crippen LogP contribution in [-0.2, 0) is 12.6 Å². The molecule has 1 aromatic carbocycles. The van der Waals surface area contributed by atoms with Crippen molar-refractivity contribution in [1.29, 1.82) is 0 Å². The summed E-state index contributed by atoms with van der Waals surface area (Å²) in [6.45, 7) is 0.391. The monoisotopic (exact) mass is 317 g/mol. The molecule has 5 nitrogen and oxygen atoms in total. The van der Waals surface area contributed by atoms with Crippen LogP contribution in [0.5, 0.6) is 0 Å². The highest BCUT2D eigenvalue weighted by atomic mass is 32.1. The molecule has 0 aliphatic heterocycles. The van der Waals surface area contributed by atoms with Crippen molar-refractivity contribution < 1.29 is 18.1 Å². The highest BCUT2D eigenvalue weighted by Crippen LogP contribution is 2.37. The highest BCUT2D eigenvalue weighted by molar-refractivity contribution is 7.09. The van der Waals surface area contributed by atoms with Crippen molar-refractivity contribution in [3.05, 3.63) is 50.5 Å². The molecule has 0 aliphatic rings. The molecule has 0 aliphatic carbocycles. The van der Waals surface area contributed by atoms with E-state index in [2.05, 4.69) is 10.3 Å². The number of rotatable bonds is 5. The molecular formula is C12H10F3N3O2S. The lowest BCUT2D eigenvalue weighted by atomic mass is 10.1. The number of nitro benzene ring substituents is 1. The number of thiazole rings is 1. The van der Waals surface area contributed by atoms with E-state index < -0.39 is 22.4 Å². The third kappa shape index (κ3) is 3.91. The highest BCUT2D eigenvalue weighted by Gasteiger charge is 2.38. The molecule has 0 bridgehead atoms. The molecule has 0 saturated heterocycles.